The molecule has 0 unspecified atom stereocenters. The number of hydrogen-bond acceptors (Lipinski definition) is 10. The Morgan fingerprint density at radius 1 is 1.12 bits per heavy atom. The van der Waals surface area contributed by atoms with E-state index in [4.69, 9.17) is 28.4 Å². The Morgan fingerprint density at radius 3 is 2.60 bits per heavy atom. The average molecular weight is 588 g/mol. The molecule has 2 heterocycles. The van der Waals surface area contributed by atoms with Crippen molar-refractivity contribution in [3.05, 3.63) is 47.2 Å². The number of ether oxygens (including phenoxy) is 6. The summed E-state index contributed by atoms with van der Waals surface area (Å²) >= 11 is 0. The summed E-state index contributed by atoms with van der Waals surface area (Å²) in [5.74, 6) is -0.0734. The molecule has 232 valence electrons. The molecule has 0 fully saturated rings. The van der Waals surface area contributed by atoms with Gasteiger partial charge in [0.25, 0.3) is 0 Å². The second kappa shape index (κ2) is 14.9. The quantitative estimate of drug-likeness (QED) is 0.183. The summed E-state index contributed by atoms with van der Waals surface area (Å²) in [6, 6.07) is 3.90. The summed E-state index contributed by atoms with van der Waals surface area (Å²) in [4.78, 5) is 28.4. The minimum Gasteiger partial charge on any atom is -0.497 e. The smallest absolute Gasteiger partial charge is 0.339 e. The molecule has 0 bridgehead atoms. The predicted molar refractivity (Wildman–Crippen MR) is 155 cm³/mol. The largest absolute Gasteiger partial charge is 0.497 e. The third-order valence-electron chi connectivity index (χ3n) is 8.18. The number of carbonyl (C=O) groups is 2. The molecular weight excluding hydrogens is 542 g/mol. The lowest BCUT2D eigenvalue weighted by molar-refractivity contribution is -0.176. The van der Waals surface area contributed by atoms with Crippen LogP contribution in [0.15, 0.2) is 36.1 Å². The van der Waals surface area contributed by atoms with Gasteiger partial charge in [-0.1, -0.05) is 38.8 Å². The van der Waals surface area contributed by atoms with Crippen molar-refractivity contribution in [3.8, 4) is 11.5 Å². The SMILES string of the molecule is CCCCOC/C=C/C[C@@](O)(CC(=O)OC)C(=O)O[C@@H]1C(OC)=C[C@H]2[C@@H]1c1cc3c(cc1CCN2CCCC)OCO3. The van der Waals surface area contributed by atoms with Gasteiger partial charge in [-0.05, 0) is 55.1 Å². The maximum Gasteiger partial charge on any atom is 0.339 e. The molecule has 0 amide bonds. The highest BCUT2D eigenvalue weighted by molar-refractivity contribution is 5.86. The van der Waals surface area contributed by atoms with E-state index < -0.39 is 30.1 Å². The normalized spacial score (nSPS) is 22.6. The van der Waals surface area contributed by atoms with Crippen molar-refractivity contribution in [1.29, 1.82) is 0 Å². The van der Waals surface area contributed by atoms with Crippen molar-refractivity contribution in [1.82, 2.24) is 4.90 Å². The zero-order valence-corrected chi connectivity index (χ0v) is 25.3. The first-order valence-electron chi connectivity index (χ1n) is 15.0. The number of esters is 2. The van der Waals surface area contributed by atoms with Crippen LogP contribution in [-0.2, 0) is 35.0 Å². The van der Waals surface area contributed by atoms with Gasteiger partial charge in [0.05, 0.1) is 27.2 Å². The number of nitrogens with zero attached hydrogens (tertiary/aromatic N) is 1. The zero-order chi connectivity index (χ0) is 30.1. The molecule has 0 aromatic heterocycles. The molecule has 4 rings (SSSR count). The zero-order valence-electron chi connectivity index (χ0n) is 25.3. The van der Waals surface area contributed by atoms with Crippen LogP contribution in [0, 0.1) is 0 Å². The minimum atomic E-state index is -2.13. The molecule has 3 aliphatic rings. The van der Waals surface area contributed by atoms with Gasteiger partial charge >= 0.3 is 11.9 Å². The molecule has 0 saturated carbocycles. The molecule has 10 nitrogen and oxygen atoms in total. The molecule has 0 spiro atoms. The van der Waals surface area contributed by atoms with Crippen LogP contribution >= 0.6 is 0 Å². The van der Waals surface area contributed by atoms with Crippen LogP contribution in [0.5, 0.6) is 11.5 Å². The van der Waals surface area contributed by atoms with Crippen molar-refractivity contribution >= 4 is 11.9 Å². The molecule has 42 heavy (non-hydrogen) atoms. The van der Waals surface area contributed by atoms with Gasteiger partial charge in [0.1, 0.15) is 5.76 Å². The highest BCUT2D eigenvalue weighted by Crippen LogP contribution is 2.47. The number of fused-ring (bicyclic) bond motifs is 4. The summed E-state index contributed by atoms with van der Waals surface area (Å²) in [6.45, 7) is 7.07. The van der Waals surface area contributed by atoms with E-state index in [0.29, 0.717) is 30.5 Å². The molecule has 10 heteroatoms. The molecule has 1 N–H and O–H groups in total. The number of methoxy groups -OCH3 is 2. The molecule has 1 aromatic rings. The van der Waals surface area contributed by atoms with E-state index in [2.05, 4.69) is 18.7 Å². The molecule has 0 saturated heterocycles. The van der Waals surface area contributed by atoms with Crippen LogP contribution in [0.25, 0.3) is 0 Å². The summed E-state index contributed by atoms with van der Waals surface area (Å²) in [5.41, 5.74) is -0.0465. The van der Waals surface area contributed by atoms with Crippen LogP contribution in [0.4, 0.5) is 0 Å². The van der Waals surface area contributed by atoms with Crippen LogP contribution in [0.2, 0.25) is 0 Å². The van der Waals surface area contributed by atoms with Gasteiger partial charge < -0.3 is 33.5 Å². The highest BCUT2D eigenvalue weighted by Gasteiger charge is 2.49. The second-order valence-corrected chi connectivity index (χ2v) is 11.0. The van der Waals surface area contributed by atoms with Crippen molar-refractivity contribution < 1.29 is 43.1 Å². The first-order chi connectivity index (χ1) is 20.3. The average Bonchev–Trinajstić information content (AvgIpc) is 3.56. The van der Waals surface area contributed by atoms with E-state index in [-0.39, 0.29) is 25.2 Å². The van der Waals surface area contributed by atoms with Gasteiger partial charge in [0.2, 0.25) is 6.79 Å². The Morgan fingerprint density at radius 2 is 1.88 bits per heavy atom. The first kappa shape index (κ1) is 31.8. The molecular formula is C32H45NO9. The maximum absolute atomic E-state index is 13.8. The van der Waals surface area contributed by atoms with Crippen LogP contribution in [0.3, 0.4) is 0 Å². The van der Waals surface area contributed by atoms with Crippen molar-refractivity contribution in [3.63, 3.8) is 0 Å². The fourth-order valence-corrected chi connectivity index (χ4v) is 5.79. The molecule has 1 aliphatic carbocycles. The van der Waals surface area contributed by atoms with Crippen molar-refractivity contribution in [2.24, 2.45) is 0 Å². The summed E-state index contributed by atoms with van der Waals surface area (Å²) in [7, 11) is 2.77. The summed E-state index contributed by atoms with van der Waals surface area (Å²) in [6.07, 6.45) is 8.73. The van der Waals surface area contributed by atoms with E-state index in [9.17, 15) is 14.7 Å². The Balaban J connectivity index is 1.62. The number of rotatable bonds is 15. The number of aliphatic hydroxyl groups is 1. The van der Waals surface area contributed by atoms with E-state index in [1.54, 1.807) is 19.3 Å². The van der Waals surface area contributed by atoms with Gasteiger partial charge in [-0.15, -0.1) is 0 Å². The Bertz CT molecular complexity index is 1150. The lowest BCUT2D eigenvalue weighted by Gasteiger charge is -2.33. The van der Waals surface area contributed by atoms with Gasteiger partial charge in [0.15, 0.2) is 23.2 Å². The lowest BCUT2D eigenvalue weighted by atomic mass is 9.87. The number of hydrogen-bond donors (Lipinski definition) is 1. The van der Waals surface area contributed by atoms with E-state index in [1.165, 1.54) is 7.11 Å². The Labute approximate surface area is 248 Å². The number of unbranched alkanes of at least 4 members (excludes halogenated alkanes) is 2. The molecule has 4 atom stereocenters. The van der Waals surface area contributed by atoms with Gasteiger partial charge in [-0.25, -0.2) is 4.79 Å². The van der Waals surface area contributed by atoms with Crippen LogP contribution in [-0.4, -0.2) is 87.0 Å². The second-order valence-electron chi connectivity index (χ2n) is 11.0. The van der Waals surface area contributed by atoms with Crippen molar-refractivity contribution in [2.45, 2.75) is 82.5 Å². The third kappa shape index (κ3) is 7.27. The summed E-state index contributed by atoms with van der Waals surface area (Å²) < 4.78 is 33.6. The van der Waals surface area contributed by atoms with Crippen molar-refractivity contribution in [2.75, 3.05) is 47.3 Å². The lowest BCUT2D eigenvalue weighted by Crippen LogP contribution is -2.46. The summed E-state index contributed by atoms with van der Waals surface area (Å²) in [5, 5.41) is 11.5. The van der Waals surface area contributed by atoms with Crippen LogP contribution in [0.1, 0.15) is 69.4 Å². The van der Waals surface area contributed by atoms with Crippen LogP contribution < -0.4 is 9.47 Å². The number of carbonyl (C=O) groups excluding carboxylic acids is 2. The fourth-order valence-electron chi connectivity index (χ4n) is 5.79. The Hall–Kier alpha value is -3.08. The molecule has 2 aliphatic heterocycles. The van der Waals surface area contributed by atoms with Gasteiger partial charge in [-0.3, -0.25) is 9.69 Å². The monoisotopic (exact) mass is 587 g/mol. The molecule has 0 radical (unpaired) electrons. The predicted octanol–water partition coefficient (Wildman–Crippen LogP) is 4.04. The number of benzene rings is 1. The van der Waals surface area contributed by atoms with Gasteiger partial charge in [0, 0.05) is 31.5 Å². The fraction of sp³-hybridized carbons (Fsp3) is 0.625. The van der Waals surface area contributed by atoms with E-state index in [1.807, 2.05) is 18.2 Å². The third-order valence-corrected chi connectivity index (χ3v) is 8.18. The van der Waals surface area contributed by atoms with E-state index in [0.717, 1.165) is 56.3 Å². The topological polar surface area (TPSA) is 113 Å². The highest BCUT2D eigenvalue weighted by atomic mass is 16.7. The van der Waals surface area contributed by atoms with Gasteiger partial charge in [-0.2, -0.15) is 0 Å². The van der Waals surface area contributed by atoms with E-state index >= 15 is 0 Å². The standard InChI is InChI=1S/C32H45NO9/c1-5-7-13-33-14-11-22-17-25-26(41-21-40-25)18-23(22)29-24(33)19-27(37-3)30(29)42-31(35)32(36,20-28(34)38-4)12-9-10-16-39-15-8-6-2/h9-10,17-19,24,29-30,36H,5-8,11-16,20-21H2,1-4H3/b10-9+/t24-,29-,30+,32+/m0/s1. The molecule has 1 aromatic carbocycles. The maximum atomic E-state index is 13.8. The minimum absolute atomic E-state index is 0.0974. The Kier molecular flexibility index (Phi) is 11.3. The first-order valence-corrected chi connectivity index (χ1v) is 15.0.